The fourth-order valence-corrected chi connectivity index (χ4v) is 5.85. The first-order chi connectivity index (χ1) is 26.9. The maximum absolute atomic E-state index is 13.8. The number of guanidine groups is 1. The van der Waals surface area contributed by atoms with E-state index in [0.717, 1.165) is 23.1 Å². The van der Waals surface area contributed by atoms with Gasteiger partial charge in [-0.15, -0.1) is 0 Å². The van der Waals surface area contributed by atoms with Crippen LogP contribution in [0, 0.1) is 5.92 Å². The van der Waals surface area contributed by atoms with Gasteiger partial charge in [0.25, 0.3) is 0 Å². The lowest BCUT2D eigenvalue weighted by molar-refractivity contribution is -0.133. The Morgan fingerprint density at radius 3 is 2.02 bits per heavy atom. The Bertz CT molecular complexity index is 1640. The Kier molecular flexibility index (Phi) is 22.0. The summed E-state index contributed by atoms with van der Waals surface area (Å²) in [7, 11) is 0. The van der Waals surface area contributed by atoms with E-state index in [9.17, 15) is 28.8 Å². The highest BCUT2D eigenvalue weighted by atomic mass is 16.2. The summed E-state index contributed by atoms with van der Waals surface area (Å²) in [5.74, 6) is -3.05. The first-order valence-electron chi connectivity index (χ1n) is 19.1. The number of hydrogen-bond acceptors (Lipinski definition) is 7. The summed E-state index contributed by atoms with van der Waals surface area (Å²) >= 11 is 0. The van der Waals surface area contributed by atoms with Gasteiger partial charge in [0, 0.05) is 25.9 Å². The minimum atomic E-state index is -1.10. The van der Waals surface area contributed by atoms with E-state index in [1.165, 1.54) is 0 Å². The van der Waals surface area contributed by atoms with Crippen LogP contribution in [0.25, 0.3) is 0 Å². The van der Waals surface area contributed by atoms with Crippen molar-refractivity contribution in [3.63, 3.8) is 0 Å². The van der Waals surface area contributed by atoms with Gasteiger partial charge in [0.15, 0.2) is 5.96 Å². The molecule has 56 heavy (non-hydrogen) atoms. The molecule has 3 atom stereocenters. The molecule has 0 aliphatic heterocycles. The average molecular weight is 774 g/mol. The van der Waals surface area contributed by atoms with Gasteiger partial charge in [-0.2, -0.15) is 0 Å². The summed E-state index contributed by atoms with van der Waals surface area (Å²) in [4.78, 5) is 80.1. The highest BCUT2D eigenvalue weighted by Gasteiger charge is 2.27. The number of nitrogens with zero attached hydrogens (tertiary/aromatic N) is 1. The molecule has 11 N–H and O–H groups in total. The molecule has 0 saturated carbocycles. The predicted octanol–water partition coefficient (Wildman–Crippen LogP) is 1.42. The number of amides is 6. The Labute approximate surface area is 329 Å². The molecular formula is C41H59N9O6. The van der Waals surface area contributed by atoms with Crippen molar-refractivity contribution in [2.75, 3.05) is 26.2 Å². The number of carbonyl (C=O) groups is 6. The molecule has 0 spiro atoms. The van der Waals surface area contributed by atoms with Crippen molar-refractivity contribution in [3.05, 3.63) is 95.6 Å². The third kappa shape index (κ3) is 19.9. The van der Waals surface area contributed by atoms with Crippen molar-refractivity contribution in [1.82, 2.24) is 26.6 Å². The molecule has 0 aliphatic carbocycles. The fourth-order valence-electron chi connectivity index (χ4n) is 5.85. The zero-order valence-electron chi connectivity index (χ0n) is 32.6. The first-order valence-corrected chi connectivity index (χ1v) is 19.1. The van der Waals surface area contributed by atoms with Crippen LogP contribution in [0.3, 0.4) is 0 Å². The van der Waals surface area contributed by atoms with Gasteiger partial charge in [-0.1, -0.05) is 85.8 Å². The minimum Gasteiger partial charge on any atom is -0.370 e. The molecule has 2 aromatic carbocycles. The number of nitrogens with one attached hydrogen (secondary N) is 5. The lowest BCUT2D eigenvalue weighted by Gasteiger charge is -2.24. The third-order valence-electron chi connectivity index (χ3n) is 8.73. The van der Waals surface area contributed by atoms with Gasteiger partial charge in [0.2, 0.25) is 35.4 Å². The molecule has 0 aromatic heterocycles. The summed E-state index contributed by atoms with van der Waals surface area (Å²) in [6, 6.07) is 16.6. The molecule has 0 radical (unpaired) electrons. The van der Waals surface area contributed by atoms with Crippen molar-refractivity contribution < 1.29 is 28.8 Å². The molecule has 0 fully saturated rings. The first kappa shape index (κ1) is 46.2. The van der Waals surface area contributed by atoms with Crippen LogP contribution >= 0.6 is 0 Å². The summed E-state index contributed by atoms with van der Waals surface area (Å²) < 4.78 is 0. The summed E-state index contributed by atoms with van der Waals surface area (Å²) in [5, 5.41) is 13.4. The van der Waals surface area contributed by atoms with Gasteiger partial charge in [-0.05, 0) is 68.1 Å². The quantitative estimate of drug-likeness (QED) is 0.0300. The van der Waals surface area contributed by atoms with Crippen LogP contribution in [0.1, 0.15) is 69.9 Å². The van der Waals surface area contributed by atoms with Gasteiger partial charge in [0.05, 0.1) is 19.5 Å². The maximum atomic E-state index is 13.8. The smallest absolute Gasteiger partial charge is 0.243 e. The molecule has 15 heteroatoms. The van der Waals surface area contributed by atoms with Crippen molar-refractivity contribution in [2.45, 2.75) is 83.7 Å². The lowest BCUT2D eigenvalue weighted by Crippen LogP contribution is -2.55. The van der Waals surface area contributed by atoms with Crippen LogP contribution in [0.2, 0.25) is 0 Å². The molecule has 15 nitrogen and oxygen atoms in total. The van der Waals surface area contributed by atoms with E-state index in [-0.39, 0.29) is 49.5 Å². The molecule has 0 aliphatic rings. The number of nitrogens with two attached hydrogens (primary N) is 3. The summed E-state index contributed by atoms with van der Waals surface area (Å²) in [6.45, 7) is 3.86. The van der Waals surface area contributed by atoms with E-state index < -0.39 is 48.8 Å². The van der Waals surface area contributed by atoms with Crippen LogP contribution in [0.4, 0.5) is 0 Å². The molecule has 0 bridgehead atoms. The molecule has 3 unspecified atom stereocenters. The van der Waals surface area contributed by atoms with E-state index in [2.05, 4.69) is 56.7 Å². The fraction of sp³-hybridized carbons (Fsp3) is 0.439. The predicted molar refractivity (Wildman–Crippen MR) is 217 cm³/mol. The average Bonchev–Trinajstić information content (AvgIpc) is 3.17. The highest BCUT2D eigenvalue weighted by Crippen LogP contribution is 2.23. The molecule has 0 heterocycles. The van der Waals surface area contributed by atoms with Crippen LogP contribution in [0.5, 0.6) is 0 Å². The number of benzene rings is 2. The zero-order chi connectivity index (χ0) is 41.1. The largest absolute Gasteiger partial charge is 0.370 e. The Morgan fingerprint density at radius 2 is 1.39 bits per heavy atom. The van der Waals surface area contributed by atoms with Crippen molar-refractivity contribution in [1.29, 1.82) is 0 Å². The van der Waals surface area contributed by atoms with Crippen LogP contribution in [-0.4, -0.2) is 79.7 Å². The second kappa shape index (κ2) is 26.7. The van der Waals surface area contributed by atoms with Gasteiger partial charge >= 0.3 is 0 Å². The van der Waals surface area contributed by atoms with Crippen molar-refractivity contribution in [3.8, 4) is 0 Å². The minimum absolute atomic E-state index is 0.0534. The number of carbonyl (C=O) groups excluding carboxylic acids is 6. The number of primary amides is 1. The normalized spacial score (nSPS) is 12.8. The number of allylic oxidation sites excluding steroid dienone is 4. The van der Waals surface area contributed by atoms with Crippen LogP contribution < -0.4 is 43.8 Å². The van der Waals surface area contributed by atoms with Crippen molar-refractivity contribution in [2.24, 2.45) is 28.1 Å². The molecular weight excluding hydrogens is 715 g/mol. The van der Waals surface area contributed by atoms with Crippen molar-refractivity contribution >= 4 is 41.4 Å². The molecule has 0 saturated heterocycles. The molecule has 2 aromatic rings. The number of rotatable bonds is 26. The summed E-state index contributed by atoms with van der Waals surface area (Å²) in [5.41, 5.74) is 18.8. The van der Waals surface area contributed by atoms with E-state index >= 15 is 0 Å². The van der Waals surface area contributed by atoms with E-state index in [1.54, 1.807) is 0 Å². The zero-order valence-corrected chi connectivity index (χ0v) is 32.6. The van der Waals surface area contributed by atoms with Crippen LogP contribution in [0.15, 0.2) is 89.5 Å². The monoisotopic (exact) mass is 773 g/mol. The summed E-state index contributed by atoms with van der Waals surface area (Å²) in [6.07, 6.45) is 10.0. The van der Waals surface area contributed by atoms with E-state index in [1.807, 2.05) is 67.6 Å². The Morgan fingerprint density at radius 1 is 0.714 bits per heavy atom. The second-order valence-electron chi connectivity index (χ2n) is 13.3. The Balaban J connectivity index is 2.12. The molecule has 6 amide bonds. The van der Waals surface area contributed by atoms with Gasteiger partial charge in [-0.3, -0.25) is 33.8 Å². The standard InChI is InChI=1S/C41H59N9O6/c1-3-5-18-31(4-2)32(22-24-45-37(53)26-30-16-10-7-11-17-30)19-12-21-36(52)49-34(25-29-14-8-6-9-15-29)40(56)50-33(20-13-23-46-41(43)44)39(55)48-28-38(54)47-27-35(42)51/h4-11,14-18,32-34H,3,12-13,19-28H2,1-2H3,(H2,42,51)(H,45,53)(H,47,54)(H,48,55)(H,49,52)(H,50,56)(H4,43,44,46)/b18-5-,31-4+. The molecule has 304 valence electrons. The lowest BCUT2D eigenvalue weighted by atomic mass is 9.89. The van der Waals surface area contributed by atoms with Gasteiger partial charge < -0.3 is 43.8 Å². The van der Waals surface area contributed by atoms with E-state index in [0.29, 0.717) is 38.6 Å². The number of aliphatic imine (C=N–C) groups is 1. The van der Waals surface area contributed by atoms with Gasteiger partial charge in [0.1, 0.15) is 12.1 Å². The van der Waals surface area contributed by atoms with E-state index in [4.69, 9.17) is 17.2 Å². The van der Waals surface area contributed by atoms with Gasteiger partial charge in [-0.25, -0.2) is 0 Å². The third-order valence-corrected chi connectivity index (χ3v) is 8.73. The highest BCUT2D eigenvalue weighted by molar-refractivity contribution is 5.94. The SMILES string of the molecule is C/C=C(\C=C/CC)C(CCCC(=O)NC(Cc1ccccc1)C(=O)NC(CCCN=C(N)N)C(=O)NCC(=O)NCC(N)=O)CCNC(=O)Cc1ccccc1. The Hall–Kier alpha value is -5.99. The maximum Gasteiger partial charge on any atom is 0.243 e. The topological polar surface area (TPSA) is 253 Å². The number of hydrogen-bond donors (Lipinski definition) is 8. The van der Waals surface area contributed by atoms with Crippen LogP contribution in [-0.2, 0) is 41.6 Å². The molecule has 2 rings (SSSR count). The second-order valence-corrected chi connectivity index (χ2v) is 13.3.